The Morgan fingerprint density at radius 1 is 1.13 bits per heavy atom. The topological polar surface area (TPSA) is 35.2 Å². The van der Waals surface area contributed by atoms with Gasteiger partial charge in [-0.1, -0.05) is 0 Å². The lowest BCUT2D eigenvalue weighted by molar-refractivity contribution is -0.259. The highest BCUT2D eigenvalue weighted by Crippen LogP contribution is 2.56. The molecule has 0 spiro atoms. The molecule has 0 aromatic rings. The van der Waals surface area contributed by atoms with E-state index in [0.29, 0.717) is 17.8 Å². The molecule has 0 aromatic heterocycles. The molecular weight excluding hydrogens is 200 g/mol. The van der Waals surface area contributed by atoms with Crippen LogP contribution in [-0.4, -0.2) is 18.3 Å². The van der Waals surface area contributed by atoms with Crippen molar-refractivity contribution < 1.29 is 13.5 Å². The minimum Gasteiger partial charge on any atom is -0.327 e. The molecule has 2 nitrogen and oxygen atoms in total. The summed E-state index contributed by atoms with van der Waals surface area (Å²) in [7, 11) is 0. The second kappa shape index (κ2) is 3.14. The molecule has 86 valence electrons. The zero-order chi connectivity index (χ0) is 10.6. The van der Waals surface area contributed by atoms with Gasteiger partial charge in [-0.3, -0.25) is 0 Å². The van der Waals surface area contributed by atoms with Crippen LogP contribution in [-0.2, 0) is 4.74 Å². The third-order valence-electron chi connectivity index (χ3n) is 4.63. The molecule has 4 heteroatoms. The van der Waals surface area contributed by atoms with Crippen molar-refractivity contribution in [2.24, 2.45) is 23.5 Å². The highest BCUT2D eigenvalue weighted by molar-refractivity contribution is 5.07. The van der Waals surface area contributed by atoms with Gasteiger partial charge in [0.25, 0.3) is 0 Å². The van der Waals surface area contributed by atoms with Crippen molar-refractivity contribution in [3.8, 4) is 0 Å². The first kappa shape index (κ1) is 9.97. The summed E-state index contributed by atoms with van der Waals surface area (Å²) >= 11 is 0. The van der Waals surface area contributed by atoms with E-state index in [1.165, 1.54) is 0 Å². The van der Waals surface area contributed by atoms with Gasteiger partial charge in [0.15, 0.2) is 0 Å². The molecule has 4 saturated carbocycles. The normalized spacial score (nSPS) is 52.8. The van der Waals surface area contributed by atoms with E-state index in [0.717, 1.165) is 32.1 Å². The summed E-state index contributed by atoms with van der Waals surface area (Å²) in [4.78, 5) is 0. The van der Waals surface area contributed by atoms with Crippen LogP contribution in [0.5, 0.6) is 0 Å². The maximum absolute atomic E-state index is 12.4. The van der Waals surface area contributed by atoms with Crippen molar-refractivity contribution in [2.45, 2.75) is 50.4 Å². The number of hydrogen-bond acceptors (Lipinski definition) is 2. The van der Waals surface area contributed by atoms with Crippen molar-refractivity contribution in [3.05, 3.63) is 0 Å². The smallest absolute Gasteiger partial charge is 0.327 e. The molecule has 4 rings (SSSR count). The first-order chi connectivity index (χ1) is 7.08. The second-order valence-corrected chi connectivity index (χ2v) is 5.61. The first-order valence-electron chi connectivity index (χ1n) is 5.79. The van der Waals surface area contributed by atoms with Gasteiger partial charge in [0.1, 0.15) is 0 Å². The highest BCUT2D eigenvalue weighted by Gasteiger charge is 2.55. The Morgan fingerprint density at radius 3 is 2.27 bits per heavy atom. The van der Waals surface area contributed by atoms with E-state index in [1.54, 1.807) is 0 Å². The maximum Gasteiger partial charge on any atom is 0.345 e. The largest absolute Gasteiger partial charge is 0.345 e. The van der Waals surface area contributed by atoms with Gasteiger partial charge >= 0.3 is 6.61 Å². The lowest BCUT2D eigenvalue weighted by atomic mass is 9.52. The lowest BCUT2D eigenvalue weighted by Crippen LogP contribution is -2.60. The Bertz CT molecular complexity index is 251. The lowest BCUT2D eigenvalue weighted by Gasteiger charge is -2.58. The van der Waals surface area contributed by atoms with Crippen LogP contribution in [0.1, 0.15) is 32.1 Å². The van der Waals surface area contributed by atoms with E-state index in [9.17, 15) is 8.78 Å². The summed E-state index contributed by atoms with van der Waals surface area (Å²) in [5.41, 5.74) is 5.59. The minimum absolute atomic E-state index is 0.232. The van der Waals surface area contributed by atoms with E-state index in [4.69, 9.17) is 10.5 Å². The number of ether oxygens (including phenoxy) is 1. The quantitative estimate of drug-likeness (QED) is 0.769. The molecule has 4 aliphatic rings. The third kappa shape index (κ3) is 1.49. The van der Waals surface area contributed by atoms with Crippen molar-refractivity contribution in [1.82, 2.24) is 0 Å². The average Bonchev–Trinajstić information content (AvgIpc) is 2.10. The summed E-state index contributed by atoms with van der Waals surface area (Å²) in [5, 5.41) is 0. The van der Waals surface area contributed by atoms with Gasteiger partial charge in [-0.05, 0) is 49.9 Å². The molecule has 4 bridgehead atoms. The fourth-order valence-electron chi connectivity index (χ4n) is 4.32. The second-order valence-electron chi connectivity index (χ2n) is 5.61. The van der Waals surface area contributed by atoms with Crippen molar-refractivity contribution in [1.29, 1.82) is 0 Å². The molecule has 1 unspecified atom stereocenters. The molecule has 2 N–H and O–H groups in total. The number of alkyl halides is 2. The summed E-state index contributed by atoms with van der Waals surface area (Å²) in [6.07, 6.45) is 4.60. The van der Waals surface area contributed by atoms with Crippen LogP contribution in [0, 0.1) is 17.8 Å². The standard InChI is InChI=1S/C11H17F2NO/c12-10(13)15-11-3-6-1-7(4-11)9(14)8(2-6)5-11/h6-10H,1-5,14H2/t6?,7-,8+,9-,11-. The first-order valence-corrected chi connectivity index (χ1v) is 5.79. The van der Waals surface area contributed by atoms with Crippen molar-refractivity contribution >= 4 is 0 Å². The van der Waals surface area contributed by atoms with E-state index < -0.39 is 12.2 Å². The molecule has 5 atom stereocenters. The van der Waals surface area contributed by atoms with Crippen molar-refractivity contribution in [2.75, 3.05) is 0 Å². The van der Waals surface area contributed by atoms with E-state index >= 15 is 0 Å². The summed E-state index contributed by atoms with van der Waals surface area (Å²) in [6.45, 7) is -2.63. The van der Waals surface area contributed by atoms with Gasteiger partial charge in [-0.15, -0.1) is 0 Å². The molecular formula is C11H17F2NO. The van der Waals surface area contributed by atoms with Gasteiger partial charge in [-0.2, -0.15) is 8.78 Å². The molecule has 0 aromatic carbocycles. The zero-order valence-corrected chi connectivity index (χ0v) is 8.66. The highest BCUT2D eigenvalue weighted by atomic mass is 19.3. The summed E-state index contributed by atoms with van der Waals surface area (Å²) in [6, 6.07) is 0.232. The van der Waals surface area contributed by atoms with Gasteiger partial charge in [0.05, 0.1) is 5.60 Å². The zero-order valence-electron chi connectivity index (χ0n) is 8.66. The molecule has 4 aliphatic carbocycles. The molecule has 0 radical (unpaired) electrons. The SMILES string of the molecule is N[C@@H]1[C@@H]2CC3C[C@H]1C[C@@](OC(F)F)(C3)C2. The predicted octanol–water partition coefficient (Wildman–Crippen LogP) is 2.13. The van der Waals surface area contributed by atoms with E-state index in [-0.39, 0.29) is 6.04 Å². The van der Waals surface area contributed by atoms with Crippen LogP contribution in [0.3, 0.4) is 0 Å². The average molecular weight is 217 g/mol. The molecule has 4 fully saturated rings. The Kier molecular flexibility index (Phi) is 2.09. The molecule has 0 aliphatic heterocycles. The molecule has 15 heavy (non-hydrogen) atoms. The molecule has 0 amide bonds. The fourth-order valence-corrected chi connectivity index (χ4v) is 4.32. The Labute approximate surface area is 88.2 Å². The monoisotopic (exact) mass is 217 g/mol. The third-order valence-corrected chi connectivity index (χ3v) is 4.63. The van der Waals surface area contributed by atoms with Crippen LogP contribution >= 0.6 is 0 Å². The van der Waals surface area contributed by atoms with E-state index in [1.807, 2.05) is 0 Å². The Balaban J connectivity index is 1.83. The van der Waals surface area contributed by atoms with Crippen LogP contribution in [0.15, 0.2) is 0 Å². The van der Waals surface area contributed by atoms with Gasteiger partial charge < -0.3 is 10.5 Å². The Hall–Kier alpha value is -0.220. The number of nitrogens with two attached hydrogens (primary N) is 1. The molecule has 0 saturated heterocycles. The number of rotatable bonds is 2. The Morgan fingerprint density at radius 2 is 1.73 bits per heavy atom. The summed E-state index contributed by atoms with van der Waals surface area (Å²) < 4.78 is 29.7. The number of halogens is 2. The van der Waals surface area contributed by atoms with Crippen molar-refractivity contribution in [3.63, 3.8) is 0 Å². The van der Waals surface area contributed by atoms with E-state index in [2.05, 4.69) is 0 Å². The summed E-state index contributed by atoms with van der Waals surface area (Å²) in [5.74, 6) is 1.44. The minimum atomic E-state index is -2.63. The molecule has 0 heterocycles. The van der Waals surface area contributed by atoms with Crippen LogP contribution in [0.25, 0.3) is 0 Å². The fraction of sp³-hybridized carbons (Fsp3) is 1.00. The van der Waals surface area contributed by atoms with Gasteiger partial charge in [-0.25, -0.2) is 0 Å². The predicted molar refractivity (Wildman–Crippen MR) is 51.4 cm³/mol. The van der Waals surface area contributed by atoms with Gasteiger partial charge in [0, 0.05) is 6.04 Å². The maximum atomic E-state index is 12.4. The van der Waals surface area contributed by atoms with Crippen LogP contribution < -0.4 is 5.73 Å². The van der Waals surface area contributed by atoms with Crippen LogP contribution in [0.2, 0.25) is 0 Å². The van der Waals surface area contributed by atoms with Gasteiger partial charge in [0.2, 0.25) is 0 Å². The van der Waals surface area contributed by atoms with Crippen LogP contribution in [0.4, 0.5) is 8.78 Å². The number of hydrogen-bond donors (Lipinski definition) is 1.